The van der Waals surface area contributed by atoms with Crippen molar-refractivity contribution in [3.8, 4) is 5.82 Å². The van der Waals surface area contributed by atoms with Gasteiger partial charge in [0.15, 0.2) is 5.69 Å². The van der Waals surface area contributed by atoms with Gasteiger partial charge in [0, 0.05) is 24.8 Å². The Hall–Kier alpha value is -3.89. The van der Waals surface area contributed by atoms with E-state index >= 15 is 0 Å². The second-order valence-corrected chi connectivity index (χ2v) is 6.52. The number of pyridine rings is 1. The molecule has 0 aliphatic carbocycles. The average molecular weight is 433 g/mol. The lowest BCUT2D eigenvalue weighted by Gasteiger charge is -2.09. The summed E-state index contributed by atoms with van der Waals surface area (Å²) in [5.41, 5.74) is 0.972. The van der Waals surface area contributed by atoms with Crippen LogP contribution < -0.4 is 10.6 Å². The van der Waals surface area contributed by atoms with Crippen LogP contribution in [0.25, 0.3) is 5.82 Å². The van der Waals surface area contributed by atoms with Crippen molar-refractivity contribution in [3.63, 3.8) is 0 Å². The number of rotatable bonds is 8. The summed E-state index contributed by atoms with van der Waals surface area (Å²) >= 11 is 0. The van der Waals surface area contributed by atoms with Gasteiger partial charge in [-0.3, -0.25) is 14.2 Å². The van der Waals surface area contributed by atoms with Gasteiger partial charge in [0.2, 0.25) is 0 Å². The summed E-state index contributed by atoms with van der Waals surface area (Å²) in [7, 11) is 0. The first-order valence-corrected chi connectivity index (χ1v) is 9.13. The Balaban J connectivity index is 1.54. The van der Waals surface area contributed by atoms with Gasteiger partial charge in [-0.25, -0.2) is 9.97 Å². The Bertz CT molecular complexity index is 1050. The molecule has 0 spiro atoms. The van der Waals surface area contributed by atoms with Crippen LogP contribution in [0.15, 0.2) is 55.1 Å². The molecular weight excluding hydrogens is 415 g/mol. The van der Waals surface area contributed by atoms with Crippen molar-refractivity contribution in [1.29, 1.82) is 0 Å². The van der Waals surface area contributed by atoms with Gasteiger partial charge < -0.3 is 15.7 Å². The lowest BCUT2D eigenvalue weighted by atomic mass is 10.1. The first kappa shape index (κ1) is 21.8. The van der Waals surface area contributed by atoms with Crippen LogP contribution in [0.1, 0.15) is 28.0 Å². The van der Waals surface area contributed by atoms with Gasteiger partial charge in [-0.15, -0.1) is 0 Å². The van der Waals surface area contributed by atoms with Crippen LogP contribution in [0.4, 0.5) is 18.9 Å². The van der Waals surface area contributed by atoms with Crippen molar-refractivity contribution in [1.82, 2.24) is 19.9 Å². The second kappa shape index (κ2) is 9.28. The summed E-state index contributed by atoms with van der Waals surface area (Å²) in [5, 5.41) is 14.2. The third-order valence-corrected chi connectivity index (χ3v) is 4.22. The molecule has 3 N–H and O–H groups in total. The van der Waals surface area contributed by atoms with E-state index in [2.05, 4.69) is 20.6 Å². The van der Waals surface area contributed by atoms with Gasteiger partial charge in [0.1, 0.15) is 12.1 Å². The maximum atomic E-state index is 12.6. The molecule has 2 heterocycles. The molecule has 162 valence electrons. The summed E-state index contributed by atoms with van der Waals surface area (Å²) < 4.78 is 39.1. The van der Waals surface area contributed by atoms with E-state index in [1.54, 1.807) is 36.4 Å². The summed E-state index contributed by atoms with van der Waals surface area (Å²) in [6.45, 7) is 0.488. The van der Waals surface area contributed by atoms with Crippen molar-refractivity contribution in [2.75, 3.05) is 11.9 Å². The smallest absolute Gasteiger partial charge is 0.434 e. The van der Waals surface area contributed by atoms with Crippen LogP contribution in [-0.2, 0) is 17.5 Å². The number of alkyl halides is 3. The Morgan fingerprint density at radius 3 is 2.39 bits per heavy atom. The molecular formula is C20H18F3N5O3. The van der Waals surface area contributed by atoms with Crippen LogP contribution in [0.2, 0.25) is 0 Å². The first-order chi connectivity index (χ1) is 14.7. The molecule has 1 amide bonds. The number of carbonyl (C=O) groups is 2. The largest absolute Gasteiger partial charge is 0.481 e. The van der Waals surface area contributed by atoms with E-state index in [4.69, 9.17) is 5.11 Å². The molecule has 31 heavy (non-hydrogen) atoms. The minimum absolute atomic E-state index is 0.0526. The monoisotopic (exact) mass is 433 g/mol. The van der Waals surface area contributed by atoms with Crippen LogP contribution in [0.3, 0.4) is 0 Å². The van der Waals surface area contributed by atoms with E-state index in [0.717, 1.165) is 18.1 Å². The predicted octanol–water partition coefficient (Wildman–Crippen LogP) is 3.10. The highest BCUT2D eigenvalue weighted by molar-refractivity contribution is 5.94. The van der Waals surface area contributed by atoms with E-state index in [1.807, 2.05) is 0 Å². The quantitative estimate of drug-likeness (QED) is 0.504. The average Bonchev–Trinajstić information content (AvgIpc) is 3.23. The van der Waals surface area contributed by atoms with E-state index in [-0.39, 0.29) is 18.9 Å². The number of carbonyl (C=O) groups excluding carboxylic acids is 1. The van der Waals surface area contributed by atoms with Crippen LogP contribution in [0, 0.1) is 0 Å². The van der Waals surface area contributed by atoms with Crippen molar-refractivity contribution in [2.45, 2.75) is 19.1 Å². The highest BCUT2D eigenvalue weighted by Gasteiger charge is 2.33. The van der Waals surface area contributed by atoms with Crippen molar-refractivity contribution < 1.29 is 27.9 Å². The number of nitrogens with one attached hydrogen (secondary N) is 2. The summed E-state index contributed by atoms with van der Waals surface area (Å²) in [5.74, 6) is -1.04. The van der Waals surface area contributed by atoms with Crippen molar-refractivity contribution >= 4 is 17.6 Å². The number of hydrogen-bond donors (Lipinski definition) is 3. The molecule has 0 radical (unpaired) electrons. The highest BCUT2D eigenvalue weighted by Crippen LogP contribution is 2.27. The Morgan fingerprint density at radius 1 is 1.06 bits per heavy atom. The molecule has 0 bridgehead atoms. The lowest BCUT2D eigenvalue weighted by molar-refractivity contribution is -0.141. The molecule has 0 aliphatic heterocycles. The van der Waals surface area contributed by atoms with Gasteiger partial charge in [-0.2, -0.15) is 13.2 Å². The molecule has 0 atom stereocenters. The fraction of sp³-hybridized carbons (Fsp3) is 0.200. The van der Waals surface area contributed by atoms with Crippen LogP contribution in [0.5, 0.6) is 0 Å². The number of anilines is 1. The normalized spacial score (nSPS) is 11.2. The molecule has 0 aliphatic rings. The number of amides is 1. The van der Waals surface area contributed by atoms with Gasteiger partial charge in [-0.05, 0) is 29.8 Å². The minimum atomic E-state index is -4.51. The standard InChI is InChI=1S/C20H18F3N5O3/c21-20(22,23)16-11-28(12-27-16)17-6-5-15(10-26-17)25-9-13-1-3-14(4-2-13)19(31)24-8-7-18(29)30/h1-6,10-12,25H,7-9H2,(H,24,31)(H,29,30). The third kappa shape index (κ3) is 6.04. The van der Waals surface area contributed by atoms with Gasteiger partial charge in [0.25, 0.3) is 5.91 Å². The number of nitrogens with zero attached hydrogens (tertiary/aromatic N) is 3. The first-order valence-electron chi connectivity index (χ1n) is 9.13. The predicted molar refractivity (Wildman–Crippen MR) is 105 cm³/mol. The zero-order valence-electron chi connectivity index (χ0n) is 16.1. The van der Waals surface area contributed by atoms with Crippen LogP contribution in [-0.4, -0.2) is 38.1 Å². The molecule has 2 aromatic heterocycles. The van der Waals surface area contributed by atoms with Crippen LogP contribution >= 0.6 is 0 Å². The third-order valence-electron chi connectivity index (χ3n) is 4.22. The fourth-order valence-electron chi connectivity index (χ4n) is 2.60. The van der Waals surface area contributed by atoms with Gasteiger partial charge in [0.05, 0.1) is 18.3 Å². The van der Waals surface area contributed by atoms with Crippen molar-refractivity contribution in [3.05, 3.63) is 71.9 Å². The number of aliphatic carboxylic acids is 1. The number of halogens is 3. The molecule has 11 heteroatoms. The molecule has 0 saturated heterocycles. The van der Waals surface area contributed by atoms with Gasteiger partial charge >= 0.3 is 12.1 Å². The Labute approximate surface area is 174 Å². The molecule has 0 unspecified atom stereocenters. The van der Waals surface area contributed by atoms with E-state index in [0.29, 0.717) is 23.6 Å². The summed E-state index contributed by atoms with van der Waals surface area (Å²) in [4.78, 5) is 29.9. The molecule has 0 saturated carbocycles. The zero-order chi connectivity index (χ0) is 22.4. The maximum absolute atomic E-state index is 12.6. The van der Waals surface area contributed by atoms with E-state index < -0.39 is 17.8 Å². The molecule has 3 aromatic rings. The molecule has 8 nitrogen and oxygen atoms in total. The minimum Gasteiger partial charge on any atom is -0.481 e. The van der Waals surface area contributed by atoms with E-state index in [9.17, 15) is 22.8 Å². The Kier molecular flexibility index (Phi) is 6.53. The number of carboxylic acid groups (broad SMARTS) is 1. The number of benzene rings is 1. The van der Waals surface area contributed by atoms with E-state index in [1.165, 1.54) is 10.8 Å². The van der Waals surface area contributed by atoms with Crippen molar-refractivity contribution in [2.24, 2.45) is 0 Å². The lowest BCUT2D eigenvalue weighted by Crippen LogP contribution is -2.25. The summed E-state index contributed by atoms with van der Waals surface area (Å²) in [6, 6.07) is 10.0. The topological polar surface area (TPSA) is 109 Å². The highest BCUT2D eigenvalue weighted by atomic mass is 19.4. The van der Waals surface area contributed by atoms with Gasteiger partial charge in [-0.1, -0.05) is 12.1 Å². The molecule has 1 aromatic carbocycles. The number of hydrogen-bond acceptors (Lipinski definition) is 5. The maximum Gasteiger partial charge on any atom is 0.434 e. The SMILES string of the molecule is O=C(O)CCNC(=O)c1ccc(CNc2ccc(-n3cnc(C(F)(F)F)c3)nc2)cc1. The Morgan fingerprint density at radius 2 is 1.81 bits per heavy atom. The molecule has 3 rings (SSSR count). The fourth-order valence-corrected chi connectivity index (χ4v) is 2.60. The zero-order valence-corrected chi connectivity index (χ0v) is 16.1. The summed E-state index contributed by atoms with van der Waals surface area (Å²) in [6.07, 6.45) is -1.24. The number of carboxylic acids is 1. The molecule has 0 fully saturated rings. The number of aromatic nitrogens is 3. The number of imidazole rings is 1. The second-order valence-electron chi connectivity index (χ2n) is 6.52.